The van der Waals surface area contributed by atoms with Crippen LogP contribution in [0.4, 0.5) is 5.69 Å². The van der Waals surface area contributed by atoms with Crippen molar-refractivity contribution >= 4 is 15.7 Å². The van der Waals surface area contributed by atoms with Crippen LogP contribution in [-0.2, 0) is 10.0 Å². The number of hydrogen-bond donors (Lipinski definition) is 2. The number of hydrogen-bond acceptors (Lipinski definition) is 4. The van der Waals surface area contributed by atoms with Gasteiger partial charge >= 0.3 is 0 Å². The Morgan fingerprint density at radius 2 is 2.10 bits per heavy atom. The van der Waals surface area contributed by atoms with Crippen LogP contribution in [-0.4, -0.2) is 46.0 Å². The summed E-state index contributed by atoms with van der Waals surface area (Å²) in [6.45, 7) is 4.39. The third-order valence-electron chi connectivity index (χ3n) is 3.47. The predicted octanol–water partition coefficient (Wildman–Crippen LogP) is 1.49. The van der Waals surface area contributed by atoms with Gasteiger partial charge in [-0.25, -0.2) is 13.1 Å². The first kappa shape index (κ1) is 15.3. The molecule has 2 N–H and O–H groups in total. The molecule has 1 atom stereocenters. The van der Waals surface area contributed by atoms with Crippen LogP contribution in [0.3, 0.4) is 0 Å². The van der Waals surface area contributed by atoms with Crippen LogP contribution in [0.25, 0.3) is 0 Å². The topological polar surface area (TPSA) is 61.4 Å². The van der Waals surface area contributed by atoms with E-state index < -0.39 is 10.0 Å². The van der Waals surface area contributed by atoms with Gasteiger partial charge in [0.2, 0.25) is 10.0 Å². The number of likely N-dealkylation sites (N-methyl/N-ethyl adjacent to an activating group) is 1. The van der Waals surface area contributed by atoms with Crippen molar-refractivity contribution in [2.24, 2.45) is 0 Å². The molecule has 0 aliphatic carbocycles. The van der Waals surface area contributed by atoms with Crippen LogP contribution in [0.5, 0.6) is 0 Å². The van der Waals surface area contributed by atoms with Crippen molar-refractivity contribution in [1.29, 1.82) is 0 Å². The molecular weight excluding hydrogens is 274 g/mol. The van der Waals surface area contributed by atoms with Crippen molar-refractivity contribution in [2.75, 3.05) is 32.0 Å². The Morgan fingerprint density at radius 1 is 1.35 bits per heavy atom. The minimum atomic E-state index is -3.43. The lowest BCUT2D eigenvalue weighted by Crippen LogP contribution is -2.28. The Labute approximate surface area is 121 Å². The fourth-order valence-corrected chi connectivity index (χ4v) is 3.71. The van der Waals surface area contributed by atoms with Gasteiger partial charge in [0.1, 0.15) is 4.90 Å². The molecule has 112 valence electrons. The first-order valence-electron chi connectivity index (χ1n) is 7.06. The van der Waals surface area contributed by atoms with Gasteiger partial charge in [-0.1, -0.05) is 19.1 Å². The summed E-state index contributed by atoms with van der Waals surface area (Å²) in [6, 6.07) is 7.41. The zero-order chi connectivity index (χ0) is 14.6. The molecule has 1 aromatic rings. The van der Waals surface area contributed by atoms with Crippen molar-refractivity contribution in [3.8, 4) is 0 Å². The van der Waals surface area contributed by atoms with Crippen molar-refractivity contribution in [3.05, 3.63) is 24.3 Å². The standard InChI is InChI=1S/C14H23N3O2S/c1-3-9-15-20(18,19)14-7-5-4-6-13(14)16-12-8-10-17(2)11-12/h4-7,12,15-16H,3,8-11H2,1-2H3. The van der Waals surface area contributed by atoms with E-state index in [9.17, 15) is 8.42 Å². The van der Waals surface area contributed by atoms with Crippen molar-refractivity contribution in [2.45, 2.75) is 30.7 Å². The second kappa shape index (κ2) is 6.56. The number of anilines is 1. The van der Waals surface area contributed by atoms with Gasteiger partial charge in [-0.2, -0.15) is 0 Å². The molecule has 0 aromatic heterocycles. The summed E-state index contributed by atoms with van der Waals surface area (Å²) in [5.74, 6) is 0. The largest absolute Gasteiger partial charge is 0.380 e. The Bertz CT molecular complexity index is 545. The van der Waals surface area contributed by atoms with Gasteiger partial charge in [0.25, 0.3) is 0 Å². The molecule has 5 nitrogen and oxygen atoms in total. The van der Waals surface area contributed by atoms with Gasteiger partial charge in [0.15, 0.2) is 0 Å². The van der Waals surface area contributed by atoms with E-state index in [2.05, 4.69) is 22.0 Å². The van der Waals surface area contributed by atoms with E-state index in [1.165, 1.54) is 0 Å². The molecule has 6 heteroatoms. The van der Waals surface area contributed by atoms with E-state index in [1.54, 1.807) is 12.1 Å². The number of sulfonamides is 1. The van der Waals surface area contributed by atoms with E-state index in [0.29, 0.717) is 23.2 Å². The number of rotatable bonds is 6. The molecule has 1 unspecified atom stereocenters. The van der Waals surface area contributed by atoms with Gasteiger partial charge in [-0.3, -0.25) is 0 Å². The first-order valence-corrected chi connectivity index (χ1v) is 8.55. The number of benzene rings is 1. The maximum Gasteiger partial charge on any atom is 0.242 e. The molecule has 0 bridgehead atoms. The molecule has 1 aliphatic heterocycles. The summed E-state index contributed by atoms with van der Waals surface area (Å²) in [4.78, 5) is 2.58. The van der Waals surface area contributed by atoms with Crippen molar-refractivity contribution < 1.29 is 8.42 Å². The highest BCUT2D eigenvalue weighted by Gasteiger charge is 2.23. The van der Waals surface area contributed by atoms with Crippen LogP contribution in [0, 0.1) is 0 Å². The normalized spacial score (nSPS) is 20.2. The lowest BCUT2D eigenvalue weighted by molar-refractivity contribution is 0.414. The monoisotopic (exact) mass is 297 g/mol. The molecule has 0 amide bonds. The average molecular weight is 297 g/mol. The molecular formula is C14H23N3O2S. The van der Waals surface area contributed by atoms with E-state index in [0.717, 1.165) is 25.9 Å². The number of nitrogens with zero attached hydrogens (tertiary/aromatic N) is 1. The van der Waals surface area contributed by atoms with Crippen molar-refractivity contribution in [3.63, 3.8) is 0 Å². The SMILES string of the molecule is CCCNS(=O)(=O)c1ccccc1NC1CCN(C)C1. The molecule has 1 aliphatic rings. The third-order valence-corrected chi connectivity index (χ3v) is 4.99. The summed E-state index contributed by atoms with van der Waals surface area (Å²) >= 11 is 0. The maximum absolute atomic E-state index is 12.3. The first-order chi connectivity index (χ1) is 9.53. The second-order valence-electron chi connectivity index (χ2n) is 5.29. The quantitative estimate of drug-likeness (QED) is 0.835. The van der Waals surface area contributed by atoms with E-state index in [-0.39, 0.29) is 0 Å². The maximum atomic E-state index is 12.3. The number of para-hydroxylation sites is 1. The highest BCUT2D eigenvalue weighted by Crippen LogP contribution is 2.23. The average Bonchev–Trinajstić information content (AvgIpc) is 2.82. The minimum absolute atomic E-state index is 0.308. The summed E-state index contributed by atoms with van der Waals surface area (Å²) in [5, 5.41) is 3.36. The molecule has 1 saturated heterocycles. The fourth-order valence-electron chi connectivity index (χ4n) is 2.41. The molecule has 1 aromatic carbocycles. The van der Waals surface area contributed by atoms with Crippen LogP contribution in [0.1, 0.15) is 19.8 Å². The molecule has 1 heterocycles. The molecule has 1 fully saturated rings. The van der Waals surface area contributed by atoms with Crippen LogP contribution in [0.15, 0.2) is 29.2 Å². The Hall–Kier alpha value is -1.11. The summed E-state index contributed by atoms with van der Waals surface area (Å²) in [6.07, 6.45) is 1.81. The van der Waals surface area contributed by atoms with Gasteiger partial charge in [-0.05, 0) is 38.6 Å². The predicted molar refractivity (Wildman–Crippen MR) is 81.4 cm³/mol. The molecule has 20 heavy (non-hydrogen) atoms. The van der Waals surface area contributed by atoms with E-state index >= 15 is 0 Å². The Kier molecular flexibility index (Phi) is 5.01. The van der Waals surface area contributed by atoms with Crippen LogP contribution in [0.2, 0.25) is 0 Å². The van der Waals surface area contributed by atoms with Crippen LogP contribution < -0.4 is 10.0 Å². The molecule has 0 spiro atoms. The van der Waals surface area contributed by atoms with E-state index in [1.807, 2.05) is 19.1 Å². The van der Waals surface area contributed by atoms with Gasteiger partial charge in [0, 0.05) is 19.1 Å². The second-order valence-corrected chi connectivity index (χ2v) is 7.02. The van der Waals surface area contributed by atoms with Crippen molar-refractivity contribution in [1.82, 2.24) is 9.62 Å². The highest BCUT2D eigenvalue weighted by molar-refractivity contribution is 7.89. The lowest BCUT2D eigenvalue weighted by Gasteiger charge is -2.17. The molecule has 0 radical (unpaired) electrons. The minimum Gasteiger partial charge on any atom is -0.380 e. The number of likely N-dealkylation sites (tertiary alicyclic amines) is 1. The van der Waals surface area contributed by atoms with E-state index in [4.69, 9.17) is 0 Å². The summed E-state index contributed by atoms with van der Waals surface area (Å²) in [5.41, 5.74) is 0.691. The summed E-state index contributed by atoms with van der Waals surface area (Å²) < 4.78 is 27.2. The Morgan fingerprint density at radius 3 is 2.75 bits per heavy atom. The van der Waals surface area contributed by atoms with Gasteiger partial charge < -0.3 is 10.2 Å². The summed E-state index contributed by atoms with van der Waals surface area (Å²) in [7, 11) is -1.36. The highest BCUT2D eigenvalue weighted by atomic mass is 32.2. The third kappa shape index (κ3) is 3.71. The fraction of sp³-hybridized carbons (Fsp3) is 0.571. The zero-order valence-corrected chi connectivity index (χ0v) is 12.9. The lowest BCUT2D eigenvalue weighted by atomic mass is 10.2. The smallest absolute Gasteiger partial charge is 0.242 e. The van der Waals surface area contributed by atoms with Gasteiger partial charge in [-0.15, -0.1) is 0 Å². The Balaban J connectivity index is 2.17. The van der Waals surface area contributed by atoms with Crippen LogP contribution >= 0.6 is 0 Å². The number of nitrogens with one attached hydrogen (secondary N) is 2. The zero-order valence-electron chi connectivity index (χ0n) is 12.1. The van der Waals surface area contributed by atoms with Gasteiger partial charge in [0.05, 0.1) is 5.69 Å². The molecule has 2 rings (SSSR count). The molecule has 0 saturated carbocycles.